The molecule has 1 N–H and O–H groups in total. The third-order valence-electron chi connectivity index (χ3n) is 3.09. The molecule has 1 atom stereocenters. The quantitative estimate of drug-likeness (QED) is 0.804. The maximum Gasteiger partial charge on any atom is 0.134 e. The summed E-state index contributed by atoms with van der Waals surface area (Å²) in [6.45, 7) is 2.70. The molecule has 2 rings (SSSR count). The van der Waals surface area contributed by atoms with Crippen molar-refractivity contribution in [1.29, 1.82) is 0 Å². The fourth-order valence-corrected chi connectivity index (χ4v) is 2.00. The Kier molecular flexibility index (Phi) is 4.97. The molecule has 0 saturated carbocycles. The van der Waals surface area contributed by atoms with E-state index in [-0.39, 0.29) is 11.9 Å². The van der Waals surface area contributed by atoms with Crippen LogP contribution < -0.4 is 5.32 Å². The average Bonchev–Trinajstić information content (AvgIpc) is 2.93. The van der Waals surface area contributed by atoms with Crippen LogP contribution in [0.4, 0.5) is 4.39 Å². The van der Waals surface area contributed by atoms with Gasteiger partial charge in [-0.15, -0.1) is 6.42 Å². The van der Waals surface area contributed by atoms with Crippen molar-refractivity contribution < 1.29 is 8.81 Å². The predicted octanol–water partition coefficient (Wildman–Crippen LogP) is 3.98. The van der Waals surface area contributed by atoms with Crippen molar-refractivity contribution in [2.24, 2.45) is 0 Å². The highest BCUT2D eigenvalue weighted by Crippen LogP contribution is 2.22. The van der Waals surface area contributed by atoms with Crippen molar-refractivity contribution in [2.45, 2.75) is 32.4 Å². The van der Waals surface area contributed by atoms with Gasteiger partial charge in [0.25, 0.3) is 0 Å². The molecule has 1 unspecified atom stereocenters. The molecule has 0 aliphatic heterocycles. The van der Waals surface area contributed by atoms with Crippen LogP contribution in [-0.4, -0.2) is 6.04 Å². The van der Waals surface area contributed by atoms with Gasteiger partial charge in [0.05, 0.1) is 12.6 Å². The Morgan fingerprint density at radius 1 is 1.25 bits per heavy atom. The van der Waals surface area contributed by atoms with Gasteiger partial charge in [-0.25, -0.2) is 4.39 Å². The van der Waals surface area contributed by atoms with Crippen LogP contribution in [0.25, 0.3) is 11.3 Å². The largest absolute Gasteiger partial charge is 0.460 e. The highest BCUT2D eigenvalue weighted by atomic mass is 19.1. The van der Waals surface area contributed by atoms with E-state index in [0.717, 1.165) is 29.9 Å². The molecule has 1 aromatic heterocycles. The number of rotatable bonds is 6. The monoisotopic (exact) mass is 271 g/mol. The van der Waals surface area contributed by atoms with E-state index >= 15 is 0 Å². The first kappa shape index (κ1) is 14.4. The van der Waals surface area contributed by atoms with Crippen molar-refractivity contribution in [3.8, 4) is 23.7 Å². The lowest BCUT2D eigenvalue weighted by molar-refractivity contribution is 0.469. The fourth-order valence-electron chi connectivity index (χ4n) is 2.00. The maximum absolute atomic E-state index is 12.9. The minimum atomic E-state index is -0.251. The van der Waals surface area contributed by atoms with E-state index in [1.54, 1.807) is 12.1 Å². The van der Waals surface area contributed by atoms with Gasteiger partial charge in [0.2, 0.25) is 0 Å². The third-order valence-corrected chi connectivity index (χ3v) is 3.09. The van der Waals surface area contributed by atoms with Crippen LogP contribution in [0.3, 0.4) is 0 Å². The van der Waals surface area contributed by atoms with E-state index < -0.39 is 0 Å². The summed E-state index contributed by atoms with van der Waals surface area (Å²) in [6.07, 6.45) is 7.44. The number of hydrogen-bond donors (Lipinski definition) is 1. The summed E-state index contributed by atoms with van der Waals surface area (Å²) in [5.74, 6) is 4.02. The molecule has 1 aromatic carbocycles. The molecule has 1 heterocycles. The molecule has 0 fully saturated rings. The minimum absolute atomic E-state index is 0.0689. The summed E-state index contributed by atoms with van der Waals surface area (Å²) in [7, 11) is 0. The van der Waals surface area contributed by atoms with Crippen LogP contribution in [0, 0.1) is 18.2 Å². The van der Waals surface area contributed by atoms with Crippen LogP contribution in [0.15, 0.2) is 40.8 Å². The Morgan fingerprint density at radius 3 is 2.65 bits per heavy atom. The molecule has 0 bridgehead atoms. The van der Waals surface area contributed by atoms with Gasteiger partial charge in [-0.05, 0) is 42.8 Å². The van der Waals surface area contributed by atoms with Crippen LogP contribution in [-0.2, 0) is 6.54 Å². The molecule has 20 heavy (non-hydrogen) atoms. The first-order valence-electron chi connectivity index (χ1n) is 6.77. The van der Waals surface area contributed by atoms with Crippen LogP contribution >= 0.6 is 0 Å². The molecular weight excluding hydrogens is 253 g/mol. The Hall–Kier alpha value is -2.05. The van der Waals surface area contributed by atoms with Crippen molar-refractivity contribution in [1.82, 2.24) is 5.32 Å². The second-order valence-corrected chi connectivity index (χ2v) is 4.66. The number of halogens is 1. The summed E-state index contributed by atoms with van der Waals surface area (Å²) in [4.78, 5) is 0. The van der Waals surface area contributed by atoms with Gasteiger partial charge in [0.15, 0.2) is 0 Å². The van der Waals surface area contributed by atoms with Gasteiger partial charge in [0, 0.05) is 5.56 Å². The SMILES string of the molecule is C#CC(CCC)NCc1ccc(-c2ccc(F)cc2)o1. The van der Waals surface area contributed by atoms with E-state index in [9.17, 15) is 4.39 Å². The summed E-state index contributed by atoms with van der Waals surface area (Å²) in [5.41, 5.74) is 0.861. The Labute approximate surface area is 119 Å². The zero-order valence-corrected chi connectivity index (χ0v) is 11.5. The van der Waals surface area contributed by atoms with Crippen molar-refractivity contribution in [2.75, 3.05) is 0 Å². The number of hydrogen-bond acceptors (Lipinski definition) is 2. The van der Waals surface area contributed by atoms with E-state index in [1.165, 1.54) is 12.1 Å². The first-order chi connectivity index (χ1) is 9.72. The van der Waals surface area contributed by atoms with E-state index in [2.05, 4.69) is 18.2 Å². The number of terminal acetylenes is 1. The molecule has 2 aromatic rings. The molecule has 0 saturated heterocycles. The molecule has 0 aliphatic carbocycles. The normalized spacial score (nSPS) is 12.1. The molecule has 0 amide bonds. The fraction of sp³-hybridized carbons (Fsp3) is 0.294. The van der Waals surface area contributed by atoms with Crippen LogP contribution in [0.5, 0.6) is 0 Å². The van der Waals surface area contributed by atoms with Gasteiger partial charge in [-0.1, -0.05) is 19.3 Å². The van der Waals surface area contributed by atoms with E-state index in [1.807, 2.05) is 12.1 Å². The predicted molar refractivity (Wildman–Crippen MR) is 78.5 cm³/mol. The van der Waals surface area contributed by atoms with Gasteiger partial charge in [0.1, 0.15) is 17.3 Å². The zero-order valence-electron chi connectivity index (χ0n) is 11.5. The van der Waals surface area contributed by atoms with Crippen LogP contribution in [0.2, 0.25) is 0 Å². The maximum atomic E-state index is 12.9. The lowest BCUT2D eigenvalue weighted by Gasteiger charge is -2.10. The standard InChI is InChI=1S/C17H18FNO/c1-3-5-15(4-2)19-12-16-10-11-17(20-16)13-6-8-14(18)9-7-13/h2,6-11,15,19H,3,5,12H2,1H3. The second kappa shape index (κ2) is 6.93. The molecule has 0 spiro atoms. The summed E-state index contributed by atoms with van der Waals surface area (Å²) < 4.78 is 18.6. The highest BCUT2D eigenvalue weighted by Gasteiger charge is 2.07. The Balaban J connectivity index is 1.99. The van der Waals surface area contributed by atoms with Gasteiger partial charge in [-0.3, -0.25) is 5.32 Å². The summed E-state index contributed by atoms with van der Waals surface area (Å²) in [5, 5.41) is 3.27. The van der Waals surface area contributed by atoms with E-state index in [4.69, 9.17) is 10.8 Å². The zero-order chi connectivity index (χ0) is 14.4. The minimum Gasteiger partial charge on any atom is -0.460 e. The highest BCUT2D eigenvalue weighted by molar-refractivity contribution is 5.57. The van der Waals surface area contributed by atoms with Crippen molar-refractivity contribution in [3.05, 3.63) is 48.0 Å². The lowest BCUT2D eigenvalue weighted by atomic mass is 10.2. The molecule has 104 valence electrons. The van der Waals surface area contributed by atoms with E-state index in [0.29, 0.717) is 6.54 Å². The smallest absolute Gasteiger partial charge is 0.134 e. The van der Waals surface area contributed by atoms with Gasteiger partial charge in [-0.2, -0.15) is 0 Å². The average molecular weight is 271 g/mol. The van der Waals surface area contributed by atoms with Crippen molar-refractivity contribution >= 4 is 0 Å². The summed E-state index contributed by atoms with van der Waals surface area (Å²) in [6, 6.07) is 10.1. The number of nitrogens with one attached hydrogen (secondary N) is 1. The van der Waals surface area contributed by atoms with Gasteiger partial charge < -0.3 is 4.42 Å². The molecule has 3 heteroatoms. The van der Waals surface area contributed by atoms with Gasteiger partial charge >= 0.3 is 0 Å². The number of furan rings is 1. The number of benzene rings is 1. The Bertz CT molecular complexity index is 580. The van der Waals surface area contributed by atoms with Crippen molar-refractivity contribution in [3.63, 3.8) is 0 Å². The molecule has 2 nitrogen and oxygen atoms in total. The topological polar surface area (TPSA) is 25.2 Å². The lowest BCUT2D eigenvalue weighted by Crippen LogP contribution is -2.26. The third kappa shape index (κ3) is 3.72. The molecular formula is C17H18FNO. The molecule has 0 radical (unpaired) electrons. The summed E-state index contributed by atoms with van der Waals surface area (Å²) >= 11 is 0. The second-order valence-electron chi connectivity index (χ2n) is 4.66. The first-order valence-corrected chi connectivity index (χ1v) is 6.77. The van der Waals surface area contributed by atoms with Crippen LogP contribution in [0.1, 0.15) is 25.5 Å². The molecule has 0 aliphatic rings. The Morgan fingerprint density at radius 2 is 2.00 bits per heavy atom.